The average molecular weight is 518 g/mol. The van der Waals surface area contributed by atoms with Crippen LogP contribution >= 0.6 is 0 Å². The van der Waals surface area contributed by atoms with Gasteiger partial charge in [-0.1, -0.05) is 42.5 Å². The Morgan fingerprint density at radius 1 is 1.11 bits per heavy atom. The number of hydrogen-bond acceptors (Lipinski definition) is 6. The zero-order valence-electron chi connectivity index (χ0n) is 21.8. The molecule has 2 aliphatic rings. The average Bonchev–Trinajstić information content (AvgIpc) is 3.14. The Morgan fingerprint density at radius 2 is 1.92 bits per heavy atom. The van der Waals surface area contributed by atoms with Crippen molar-refractivity contribution in [3.63, 3.8) is 0 Å². The Hall–Kier alpha value is -2.71. The number of rotatable bonds is 16. The van der Waals surface area contributed by atoms with Crippen molar-refractivity contribution in [3.8, 4) is 0 Å². The summed E-state index contributed by atoms with van der Waals surface area (Å²) >= 11 is 0. The molecule has 1 fully saturated rings. The molecule has 206 valence electrons. The van der Waals surface area contributed by atoms with E-state index in [9.17, 15) is 24.6 Å². The first-order valence-corrected chi connectivity index (χ1v) is 13.5. The quantitative estimate of drug-likeness (QED) is 0.139. The van der Waals surface area contributed by atoms with E-state index in [-0.39, 0.29) is 37.0 Å². The Labute approximate surface area is 220 Å². The molecule has 0 aromatic heterocycles. The molecule has 0 saturated heterocycles. The number of carbonyl (C=O) groups excluding carboxylic acids is 2. The third-order valence-electron chi connectivity index (χ3n) is 6.90. The van der Waals surface area contributed by atoms with Crippen molar-refractivity contribution in [2.24, 2.45) is 17.8 Å². The molecule has 4 N–H and O–H groups in total. The predicted molar refractivity (Wildman–Crippen MR) is 141 cm³/mol. The molecule has 0 aromatic carbocycles. The topological polar surface area (TPSA) is 133 Å². The minimum atomic E-state index is -1.05. The first-order valence-electron chi connectivity index (χ1n) is 13.5. The number of hydrogen-bond donors (Lipinski definition) is 4. The third-order valence-corrected chi connectivity index (χ3v) is 6.90. The molecular formula is C29H43NO7. The monoisotopic (exact) mass is 517 g/mol. The van der Waals surface area contributed by atoms with Crippen LogP contribution in [-0.2, 0) is 19.1 Å². The number of ether oxygens (including phenoxy) is 1. The van der Waals surface area contributed by atoms with Crippen LogP contribution in [0.4, 0.5) is 0 Å². The highest BCUT2D eigenvalue weighted by molar-refractivity contribution is 5.76. The van der Waals surface area contributed by atoms with E-state index in [1.54, 1.807) is 6.08 Å². The van der Waals surface area contributed by atoms with Gasteiger partial charge in [0.25, 0.3) is 0 Å². The van der Waals surface area contributed by atoms with Crippen LogP contribution in [0.3, 0.4) is 0 Å². The molecule has 2 aliphatic carbocycles. The van der Waals surface area contributed by atoms with Gasteiger partial charge in [0.2, 0.25) is 5.91 Å². The van der Waals surface area contributed by atoms with Crippen LogP contribution < -0.4 is 5.32 Å². The largest absolute Gasteiger partial charge is 0.481 e. The van der Waals surface area contributed by atoms with Crippen LogP contribution in [0.5, 0.6) is 0 Å². The number of esters is 1. The summed E-state index contributed by atoms with van der Waals surface area (Å²) in [5.41, 5.74) is 0. The van der Waals surface area contributed by atoms with Gasteiger partial charge >= 0.3 is 11.9 Å². The highest BCUT2D eigenvalue weighted by Gasteiger charge is 2.39. The van der Waals surface area contributed by atoms with Crippen molar-refractivity contribution in [2.45, 2.75) is 89.4 Å². The number of aliphatic carboxylic acids is 1. The van der Waals surface area contributed by atoms with Gasteiger partial charge in [0, 0.05) is 25.3 Å². The fourth-order valence-electron chi connectivity index (χ4n) is 4.85. The summed E-state index contributed by atoms with van der Waals surface area (Å²) in [5.74, 6) is -1.66. The fraction of sp³-hybridized carbons (Fsp3) is 0.621. The molecule has 0 aliphatic heterocycles. The molecule has 0 heterocycles. The first kappa shape index (κ1) is 30.5. The van der Waals surface area contributed by atoms with E-state index in [0.717, 1.165) is 25.7 Å². The highest BCUT2D eigenvalue weighted by atomic mass is 16.5. The smallest absolute Gasteiger partial charge is 0.306 e. The maximum atomic E-state index is 12.2. The predicted octanol–water partition coefficient (Wildman–Crippen LogP) is 3.84. The normalized spacial score (nSPS) is 26.1. The van der Waals surface area contributed by atoms with Gasteiger partial charge in [0.1, 0.15) is 6.10 Å². The molecule has 6 unspecified atom stereocenters. The Morgan fingerprint density at radius 3 is 2.62 bits per heavy atom. The van der Waals surface area contributed by atoms with E-state index < -0.39 is 30.3 Å². The van der Waals surface area contributed by atoms with Crippen LogP contribution in [0, 0.1) is 17.8 Å². The summed E-state index contributed by atoms with van der Waals surface area (Å²) in [6, 6.07) is 0. The number of aliphatic hydroxyl groups is 2. The lowest BCUT2D eigenvalue weighted by Crippen LogP contribution is -2.22. The molecular weight excluding hydrogens is 474 g/mol. The van der Waals surface area contributed by atoms with E-state index in [1.165, 1.54) is 0 Å². The van der Waals surface area contributed by atoms with Crippen LogP contribution in [0.25, 0.3) is 0 Å². The molecule has 37 heavy (non-hydrogen) atoms. The fourth-order valence-corrected chi connectivity index (χ4v) is 4.85. The molecule has 0 aromatic rings. The van der Waals surface area contributed by atoms with E-state index >= 15 is 0 Å². The summed E-state index contributed by atoms with van der Waals surface area (Å²) in [6.07, 6.45) is 18.7. The van der Waals surface area contributed by atoms with Crippen molar-refractivity contribution in [1.29, 1.82) is 0 Å². The Bertz CT molecular complexity index is 847. The van der Waals surface area contributed by atoms with Crippen molar-refractivity contribution < 1.29 is 34.4 Å². The van der Waals surface area contributed by atoms with Crippen LogP contribution in [0.1, 0.15) is 71.1 Å². The van der Waals surface area contributed by atoms with Crippen LogP contribution in [0.15, 0.2) is 48.6 Å². The van der Waals surface area contributed by atoms with E-state index in [1.807, 2.05) is 37.3 Å². The zero-order chi connectivity index (χ0) is 27.0. The van der Waals surface area contributed by atoms with Gasteiger partial charge in [0.05, 0.1) is 25.0 Å². The number of carbonyl (C=O) groups is 3. The van der Waals surface area contributed by atoms with E-state index in [2.05, 4.69) is 17.5 Å². The molecule has 8 nitrogen and oxygen atoms in total. The number of nitrogens with one attached hydrogen (secondary N) is 1. The molecule has 1 saturated carbocycles. The van der Waals surface area contributed by atoms with Crippen molar-refractivity contribution in [1.82, 2.24) is 5.32 Å². The summed E-state index contributed by atoms with van der Waals surface area (Å²) in [5, 5.41) is 32.8. The van der Waals surface area contributed by atoms with Crippen molar-refractivity contribution >= 4 is 17.8 Å². The number of unbranched alkanes of at least 4 members (excludes halogenated alkanes) is 1. The summed E-state index contributed by atoms with van der Waals surface area (Å²) < 4.78 is 5.59. The second-order valence-corrected chi connectivity index (χ2v) is 9.86. The summed E-state index contributed by atoms with van der Waals surface area (Å²) in [6.45, 7) is 2.52. The Kier molecular flexibility index (Phi) is 14.0. The van der Waals surface area contributed by atoms with Gasteiger partial charge < -0.3 is 25.4 Å². The molecule has 0 spiro atoms. The number of carboxylic acids is 1. The minimum Gasteiger partial charge on any atom is -0.481 e. The maximum absolute atomic E-state index is 12.2. The number of amides is 1. The standard InChI is InChI=1S/C29H43NO7/c1-2-30-27(33)13-9-4-3-8-12-23-24(26(32)20-25(23)31)17-16-22(37-29(36)19-18-28(34)35)15-14-21-10-6-5-7-11-21/h3,5-8,10,16-17,21-26,31-32H,2,4,9,11-15,18-20H2,1H3,(H,30,33)(H,34,35)/b8-3-,17-16+. The highest BCUT2D eigenvalue weighted by Crippen LogP contribution is 2.36. The van der Waals surface area contributed by atoms with Crippen molar-refractivity contribution in [3.05, 3.63) is 48.6 Å². The molecule has 1 amide bonds. The lowest BCUT2D eigenvalue weighted by atomic mass is 9.89. The lowest BCUT2D eigenvalue weighted by Gasteiger charge is -2.21. The van der Waals surface area contributed by atoms with Gasteiger partial charge in [-0.05, 0) is 63.4 Å². The van der Waals surface area contributed by atoms with Gasteiger partial charge in [-0.2, -0.15) is 0 Å². The Balaban J connectivity index is 1.95. The van der Waals surface area contributed by atoms with E-state index in [4.69, 9.17) is 9.84 Å². The van der Waals surface area contributed by atoms with Crippen molar-refractivity contribution in [2.75, 3.05) is 6.54 Å². The zero-order valence-corrected chi connectivity index (χ0v) is 21.8. The third kappa shape index (κ3) is 11.9. The molecule has 0 radical (unpaired) electrons. The van der Waals surface area contributed by atoms with Gasteiger partial charge in [0.15, 0.2) is 0 Å². The molecule has 2 rings (SSSR count). The summed E-state index contributed by atoms with van der Waals surface area (Å²) in [4.78, 5) is 34.6. The van der Waals surface area contributed by atoms with Crippen LogP contribution in [0.2, 0.25) is 0 Å². The molecule has 6 atom stereocenters. The second-order valence-electron chi connectivity index (χ2n) is 9.86. The van der Waals surface area contributed by atoms with Gasteiger partial charge in [-0.3, -0.25) is 14.4 Å². The number of allylic oxidation sites excluding steroid dienone is 6. The lowest BCUT2D eigenvalue weighted by molar-refractivity contribution is -0.150. The van der Waals surface area contributed by atoms with Crippen LogP contribution in [-0.4, -0.2) is 58.0 Å². The van der Waals surface area contributed by atoms with Gasteiger partial charge in [-0.15, -0.1) is 0 Å². The first-order chi connectivity index (χ1) is 17.8. The minimum absolute atomic E-state index is 0.0460. The maximum Gasteiger partial charge on any atom is 0.306 e. The second kappa shape index (κ2) is 16.9. The van der Waals surface area contributed by atoms with E-state index in [0.29, 0.717) is 31.7 Å². The van der Waals surface area contributed by atoms with Gasteiger partial charge in [-0.25, -0.2) is 0 Å². The SMILES string of the molecule is CCNC(=O)CCC/C=C\CC1C(O)CC(O)C1/C=C/C(CCC1C=CC=CC1)OC(=O)CCC(=O)O. The number of aliphatic hydroxyl groups excluding tert-OH is 2. The molecule has 8 heteroatoms. The number of carboxylic acid groups (broad SMARTS) is 1. The molecule has 0 bridgehead atoms. The summed E-state index contributed by atoms with van der Waals surface area (Å²) in [7, 11) is 0.